The normalized spacial score (nSPS) is 33.0. The third kappa shape index (κ3) is 2.77. The molecule has 96 valence electrons. The average molecular weight is 256 g/mol. The zero-order valence-corrected chi connectivity index (χ0v) is 10.8. The van der Waals surface area contributed by atoms with Gasteiger partial charge in [0.05, 0.1) is 17.0 Å². The highest BCUT2D eigenvalue weighted by Gasteiger charge is 2.43. The number of hydrogen-bond donors (Lipinski definition) is 2. The van der Waals surface area contributed by atoms with Gasteiger partial charge in [0.2, 0.25) is 5.91 Å². The number of piperidine rings is 1. The lowest BCUT2D eigenvalue weighted by Crippen LogP contribution is -2.54. The molecule has 3 N–H and O–H groups in total. The summed E-state index contributed by atoms with van der Waals surface area (Å²) in [5, 5.41) is 10.5. The third-order valence-corrected chi connectivity index (χ3v) is 4.25. The van der Waals surface area contributed by atoms with Crippen molar-refractivity contribution >= 4 is 23.1 Å². The fourth-order valence-corrected chi connectivity index (χ4v) is 3.18. The van der Waals surface area contributed by atoms with E-state index in [0.29, 0.717) is 19.5 Å². The third-order valence-electron chi connectivity index (χ3n) is 4.11. The molecule has 1 heterocycles. The number of amides is 1. The molecule has 2 fully saturated rings. The van der Waals surface area contributed by atoms with Crippen LogP contribution in [0.15, 0.2) is 0 Å². The quantitative estimate of drug-likeness (QED) is 0.718. The summed E-state index contributed by atoms with van der Waals surface area (Å²) >= 11 is 4.76. The Hall–Kier alpha value is -0.680. The zero-order chi connectivity index (χ0) is 12.5. The fourth-order valence-electron chi connectivity index (χ4n) is 3.06. The lowest BCUT2D eigenvalue weighted by atomic mass is 9.71. The van der Waals surface area contributed by atoms with E-state index in [9.17, 15) is 9.90 Å². The Labute approximate surface area is 107 Å². The Kier molecular flexibility index (Phi) is 3.68. The maximum atomic E-state index is 11.9. The number of fused-ring (bicyclic) bond motifs is 1. The van der Waals surface area contributed by atoms with E-state index in [2.05, 4.69) is 0 Å². The van der Waals surface area contributed by atoms with Crippen LogP contribution in [0.25, 0.3) is 0 Å². The van der Waals surface area contributed by atoms with Crippen molar-refractivity contribution in [2.75, 3.05) is 13.1 Å². The molecular formula is C12H20N2O2S. The molecule has 1 saturated heterocycles. The summed E-state index contributed by atoms with van der Waals surface area (Å²) in [5.41, 5.74) is 4.86. The van der Waals surface area contributed by atoms with Gasteiger partial charge >= 0.3 is 0 Å². The van der Waals surface area contributed by atoms with E-state index in [1.807, 2.05) is 4.90 Å². The van der Waals surface area contributed by atoms with Crippen LogP contribution in [0, 0.1) is 5.92 Å². The summed E-state index contributed by atoms with van der Waals surface area (Å²) in [6, 6.07) is 0. The molecule has 0 aromatic carbocycles. The van der Waals surface area contributed by atoms with Crippen molar-refractivity contribution in [2.45, 2.75) is 44.1 Å². The van der Waals surface area contributed by atoms with Gasteiger partial charge in [0.15, 0.2) is 0 Å². The Morgan fingerprint density at radius 3 is 2.94 bits per heavy atom. The molecule has 2 atom stereocenters. The van der Waals surface area contributed by atoms with Crippen molar-refractivity contribution in [2.24, 2.45) is 11.7 Å². The van der Waals surface area contributed by atoms with Crippen molar-refractivity contribution in [3.63, 3.8) is 0 Å². The van der Waals surface area contributed by atoms with E-state index < -0.39 is 5.60 Å². The predicted octanol–water partition coefficient (Wildman–Crippen LogP) is 0.816. The number of nitrogens with two attached hydrogens (primary N) is 1. The number of aliphatic hydroxyl groups is 1. The molecule has 0 radical (unpaired) electrons. The van der Waals surface area contributed by atoms with Gasteiger partial charge in [-0.2, -0.15) is 0 Å². The molecular weight excluding hydrogens is 236 g/mol. The first-order valence-corrected chi connectivity index (χ1v) is 6.70. The number of likely N-dealkylation sites (tertiary alicyclic amines) is 1. The number of carbonyl (C=O) groups excluding carboxylic acids is 1. The Morgan fingerprint density at radius 2 is 2.24 bits per heavy atom. The summed E-state index contributed by atoms with van der Waals surface area (Å²) in [7, 11) is 0. The number of thiocarbonyl (C=S) groups is 1. The minimum Gasteiger partial charge on any atom is -0.393 e. The van der Waals surface area contributed by atoms with Crippen molar-refractivity contribution in [3.05, 3.63) is 0 Å². The Balaban J connectivity index is 1.97. The molecule has 2 aliphatic rings. The van der Waals surface area contributed by atoms with E-state index in [0.717, 1.165) is 25.7 Å². The second kappa shape index (κ2) is 4.90. The van der Waals surface area contributed by atoms with Gasteiger partial charge in [-0.25, -0.2) is 0 Å². The first kappa shape index (κ1) is 12.8. The van der Waals surface area contributed by atoms with Gasteiger partial charge in [0.1, 0.15) is 0 Å². The molecule has 0 aromatic heterocycles. The van der Waals surface area contributed by atoms with Crippen molar-refractivity contribution in [3.8, 4) is 0 Å². The van der Waals surface area contributed by atoms with E-state index in [1.54, 1.807) is 0 Å². The maximum absolute atomic E-state index is 11.9. The van der Waals surface area contributed by atoms with E-state index in [4.69, 9.17) is 18.0 Å². The van der Waals surface area contributed by atoms with Crippen LogP contribution < -0.4 is 5.73 Å². The molecule has 0 aromatic rings. The largest absolute Gasteiger partial charge is 0.393 e. The SMILES string of the molecule is NC(=S)CC(=O)N1CCC2(O)CCCCC2C1. The molecule has 1 amide bonds. The highest BCUT2D eigenvalue weighted by Crippen LogP contribution is 2.39. The van der Waals surface area contributed by atoms with Crippen molar-refractivity contribution < 1.29 is 9.90 Å². The molecule has 0 spiro atoms. The van der Waals surface area contributed by atoms with Crippen LogP contribution in [0.1, 0.15) is 38.5 Å². The van der Waals surface area contributed by atoms with E-state index in [-0.39, 0.29) is 23.2 Å². The second-order valence-electron chi connectivity index (χ2n) is 5.28. The predicted molar refractivity (Wildman–Crippen MR) is 69.5 cm³/mol. The van der Waals surface area contributed by atoms with Gasteiger partial charge in [-0.1, -0.05) is 25.1 Å². The minimum absolute atomic E-state index is 0.00474. The Bertz CT molecular complexity index is 334. The summed E-state index contributed by atoms with van der Waals surface area (Å²) in [6.07, 6.45) is 5.02. The van der Waals surface area contributed by atoms with Gasteiger partial charge in [-0.15, -0.1) is 0 Å². The van der Waals surface area contributed by atoms with Crippen molar-refractivity contribution in [1.29, 1.82) is 0 Å². The smallest absolute Gasteiger partial charge is 0.229 e. The number of hydrogen-bond acceptors (Lipinski definition) is 3. The molecule has 0 bridgehead atoms. The summed E-state index contributed by atoms with van der Waals surface area (Å²) < 4.78 is 0. The number of rotatable bonds is 2. The zero-order valence-electron chi connectivity index (χ0n) is 10.0. The van der Waals surface area contributed by atoms with Gasteiger partial charge in [0, 0.05) is 19.0 Å². The van der Waals surface area contributed by atoms with Gasteiger partial charge in [-0.05, 0) is 19.3 Å². The van der Waals surface area contributed by atoms with Crippen LogP contribution in [-0.2, 0) is 4.79 Å². The molecule has 4 nitrogen and oxygen atoms in total. The van der Waals surface area contributed by atoms with Crippen LogP contribution >= 0.6 is 12.2 Å². The Morgan fingerprint density at radius 1 is 1.47 bits per heavy atom. The fraction of sp³-hybridized carbons (Fsp3) is 0.833. The minimum atomic E-state index is -0.530. The second-order valence-corrected chi connectivity index (χ2v) is 5.80. The lowest BCUT2D eigenvalue weighted by Gasteiger charge is -2.47. The van der Waals surface area contributed by atoms with E-state index in [1.165, 1.54) is 0 Å². The lowest BCUT2D eigenvalue weighted by molar-refractivity contribution is -0.142. The standard InChI is InChI=1S/C12H20N2O2S/c13-10(17)7-11(15)14-6-5-12(16)4-2-1-3-9(12)8-14/h9,16H,1-8H2,(H2,13,17). The molecule has 2 rings (SSSR count). The molecule has 17 heavy (non-hydrogen) atoms. The van der Waals surface area contributed by atoms with Gasteiger partial charge < -0.3 is 15.7 Å². The van der Waals surface area contributed by atoms with Crippen LogP contribution in [-0.4, -0.2) is 39.6 Å². The summed E-state index contributed by atoms with van der Waals surface area (Å²) in [4.78, 5) is 13.9. The molecule has 1 aliphatic carbocycles. The molecule has 1 aliphatic heterocycles. The first-order valence-electron chi connectivity index (χ1n) is 6.30. The topological polar surface area (TPSA) is 66.6 Å². The van der Waals surface area contributed by atoms with E-state index >= 15 is 0 Å². The van der Waals surface area contributed by atoms with Crippen molar-refractivity contribution in [1.82, 2.24) is 4.90 Å². The molecule has 2 unspecified atom stereocenters. The highest BCUT2D eigenvalue weighted by atomic mass is 32.1. The number of carbonyl (C=O) groups is 1. The summed E-state index contributed by atoms with van der Waals surface area (Å²) in [5.74, 6) is 0.241. The monoisotopic (exact) mass is 256 g/mol. The molecule has 5 heteroatoms. The van der Waals surface area contributed by atoms with Gasteiger partial charge in [-0.3, -0.25) is 4.79 Å². The maximum Gasteiger partial charge on any atom is 0.229 e. The average Bonchev–Trinajstić information content (AvgIpc) is 2.26. The highest BCUT2D eigenvalue weighted by molar-refractivity contribution is 7.80. The van der Waals surface area contributed by atoms with Gasteiger partial charge in [0.25, 0.3) is 0 Å². The summed E-state index contributed by atoms with van der Waals surface area (Å²) in [6.45, 7) is 1.30. The van der Waals surface area contributed by atoms with Crippen LogP contribution in [0.5, 0.6) is 0 Å². The van der Waals surface area contributed by atoms with Crippen LogP contribution in [0.4, 0.5) is 0 Å². The first-order chi connectivity index (χ1) is 8.01. The number of nitrogens with zero attached hydrogens (tertiary/aromatic N) is 1. The van der Waals surface area contributed by atoms with Crippen LogP contribution in [0.2, 0.25) is 0 Å². The molecule has 1 saturated carbocycles. The van der Waals surface area contributed by atoms with Crippen LogP contribution in [0.3, 0.4) is 0 Å².